The third kappa shape index (κ3) is 4.25. The van der Waals surface area contributed by atoms with Crippen molar-refractivity contribution in [3.05, 3.63) is 102 Å². The van der Waals surface area contributed by atoms with Crippen LogP contribution in [0.25, 0.3) is 0 Å². The quantitative estimate of drug-likeness (QED) is 0.607. The molecule has 5 heteroatoms. The van der Waals surface area contributed by atoms with Gasteiger partial charge in [0.2, 0.25) is 0 Å². The van der Waals surface area contributed by atoms with Crippen LogP contribution in [0.15, 0.2) is 79.6 Å². The van der Waals surface area contributed by atoms with Crippen LogP contribution in [0.5, 0.6) is 0 Å². The average molecular weight is 349 g/mol. The van der Waals surface area contributed by atoms with Crippen molar-refractivity contribution in [1.82, 2.24) is 14.5 Å². The Morgan fingerprint density at radius 1 is 1.19 bits per heavy atom. The first-order chi connectivity index (χ1) is 12.7. The highest BCUT2D eigenvalue weighted by Gasteiger charge is 2.18. The lowest BCUT2D eigenvalue weighted by atomic mass is 10.2. The van der Waals surface area contributed by atoms with Crippen molar-refractivity contribution in [1.29, 1.82) is 0 Å². The summed E-state index contributed by atoms with van der Waals surface area (Å²) in [6, 6.07) is 15.8. The van der Waals surface area contributed by atoms with E-state index < -0.39 is 5.82 Å². The van der Waals surface area contributed by atoms with Gasteiger partial charge in [0.15, 0.2) is 0 Å². The number of carbonyl (C=O) groups is 1. The summed E-state index contributed by atoms with van der Waals surface area (Å²) in [5, 5.41) is 0. The van der Waals surface area contributed by atoms with Crippen molar-refractivity contribution in [2.45, 2.75) is 13.1 Å². The molecule has 0 aliphatic rings. The summed E-state index contributed by atoms with van der Waals surface area (Å²) in [5.74, 6) is 0.0825. The number of aromatic nitrogens is 2. The molecule has 0 bridgehead atoms. The second-order valence-electron chi connectivity index (χ2n) is 5.94. The molecule has 1 amide bonds. The summed E-state index contributed by atoms with van der Waals surface area (Å²) in [7, 11) is 0. The molecular weight excluding hydrogens is 329 g/mol. The van der Waals surface area contributed by atoms with E-state index in [1.165, 1.54) is 18.2 Å². The Morgan fingerprint density at radius 3 is 2.73 bits per heavy atom. The number of carbonyl (C=O) groups excluding carboxylic acids is 1. The Kier molecular flexibility index (Phi) is 5.59. The van der Waals surface area contributed by atoms with Gasteiger partial charge in [0.1, 0.15) is 11.6 Å². The van der Waals surface area contributed by atoms with Gasteiger partial charge in [-0.15, -0.1) is 6.58 Å². The maximum atomic E-state index is 13.5. The monoisotopic (exact) mass is 349 g/mol. The summed E-state index contributed by atoms with van der Waals surface area (Å²) < 4.78 is 15.5. The minimum Gasteiger partial charge on any atom is -0.329 e. The number of benzene rings is 2. The van der Waals surface area contributed by atoms with E-state index in [9.17, 15) is 9.18 Å². The number of hydrogen-bond acceptors (Lipinski definition) is 2. The second kappa shape index (κ2) is 8.25. The highest BCUT2D eigenvalue weighted by atomic mass is 19.1. The van der Waals surface area contributed by atoms with Gasteiger partial charge >= 0.3 is 0 Å². The molecule has 3 aromatic rings. The lowest BCUT2D eigenvalue weighted by Crippen LogP contribution is -2.32. The van der Waals surface area contributed by atoms with Crippen LogP contribution in [0, 0.1) is 5.82 Å². The van der Waals surface area contributed by atoms with Crippen LogP contribution in [0.2, 0.25) is 0 Å². The smallest absolute Gasteiger partial charge is 0.254 e. The van der Waals surface area contributed by atoms with E-state index in [0.717, 1.165) is 11.4 Å². The molecule has 1 aromatic heterocycles. The fourth-order valence-electron chi connectivity index (χ4n) is 2.77. The van der Waals surface area contributed by atoms with Crippen molar-refractivity contribution in [2.75, 3.05) is 6.54 Å². The number of halogens is 1. The minimum atomic E-state index is -0.431. The third-order valence-corrected chi connectivity index (χ3v) is 4.04. The van der Waals surface area contributed by atoms with E-state index in [4.69, 9.17) is 0 Å². The number of hydrogen-bond donors (Lipinski definition) is 0. The molecular formula is C21H20FN3O. The van der Waals surface area contributed by atoms with Gasteiger partial charge < -0.3 is 9.47 Å². The fourth-order valence-corrected chi connectivity index (χ4v) is 2.77. The Bertz CT molecular complexity index is 889. The molecule has 0 unspecified atom stereocenters. The maximum absolute atomic E-state index is 13.5. The van der Waals surface area contributed by atoms with Crippen molar-refractivity contribution in [3.8, 4) is 0 Å². The van der Waals surface area contributed by atoms with Gasteiger partial charge in [0.05, 0.1) is 6.54 Å². The number of rotatable bonds is 7. The van der Waals surface area contributed by atoms with E-state index in [2.05, 4.69) is 11.6 Å². The van der Waals surface area contributed by atoms with Gasteiger partial charge in [-0.1, -0.05) is 42.5 Å². The molecule has 0 aliphatic heterocycles. The molecule has 2 aromatic carbocycles. The molecule has 0 saturated heterocycles. The zero-order chi connectivity index (χ0) is 18.4. The molecule has 4 nitrogen and oxygen atoms in total. The van der Waals surface area contributed by atoms with Crippen LogP contribution in [0.3, 0.4) is 0 Å². The molecule has 1 heterocycles. The van der Waals surface area contributed by atoms with E-state index in [1.54, 1.807) is 23.2 Å². The van der Waals surface area contributed by atoms with Crippen molar-refractivity contribution in [3.63, 3.8) is 0 Å². The number of nitrogens with zero attached hydrogens (tertiary/aromatic N) is 3. The predicted molar refractivity (Wildman–Crippen MR) is 99.1 cm³/mol. The topological polar surface area (TPSA) is 38.1 Å². The largest absolute Gasteiger partial charge is 0.329 e. The van der Waals surface area contributed by atoms with Crippen molar-refractivity contribution >= 4 is 5.91 Å². The predicted octanol–water partition coefficient (Wildman–Crippen LogP) is 3.90. The minimum absolute atomic E-state index is 0.251. The zero-order valence-corrected chi connectivity index (χ0v) is 14.4. The third-order valence-electron chi connectivity index (χ3n) is 4.04. The summed E-state index contributed by atoms with van der Waals surface area (Å²) in [4.78, 5) is 18.7. The molecule has 0 fully saturated rings. The summed E-state index contributed by atoms with van der Waals surface area (Å²) >= 11 is 0. The first-order valence-corrected chi connectivity index (χ1v) is 8.37. The molecule has 0 spiro atoms. The van der Waals surface area contributed by atoms with E-state index in [0.29, 0.717) is 25.2 Å². The summed E-state index contributed by atoms with van der Waals surface area (Å²) in [5.41, 5.74) is 1.46. The van der Waals surface area contributed by atoms with Crippen molar-refractivity contribution in [2.24, 2.45) is 0 Å². The Balaban J connectivity index is 1.79. The summed E-state index contributed by atoms with van der Waals surface area (Å²) in [6.45, 7) is 5.07. The number of amides is 1. The molecule has 0 saturated carbocycles. The van der Waals surface area contributed by atoms with E-state index in [1.807, 2.05) is 41.1 Å². The lowest BCUT2D eigenvalue weighted by Gasteiger charge is -2.21. The van der Waals surface area contributed by atoms with Crippen LogP contribution in [0.4, 0.5) is 4.39 Å². The van der Waals surface area contributed by atoms with Gasteiger partial charge in [-0.3, -0.25) is 4.79 Å². The van der Waals surface area contributed by atoms with Crippen LogP contribution in [-0.2, 0) is 13.1 Å². The highest BCUT2D eigenvalue weighted by Crippen LogP contribution is 2.12. The zero-order valence-electron chi connectivity index (χ0n) is 14.4. The van der Waals surface area contributed by atoms with E-state index in [-0.39, 0.29) is 5.91 Å². The van der Waals surface area contributed by atoms with Crippen LogP contribution in [0.1, 0.15) is 21.7 Å². The molecule has 0 atom stereocenters. The lowest BCUT2D eigenvalue weighted by molar-refractivity contribution is 0.0757. The molecule has 132 valence electrons. The number of imidazole rings is 1. The van der Waals surface area contributed by atoms with Crippen LogP contribution >= 0.6 is 0 Å². The maximum Gasteiger partial charge on any atom is 0.254 e. The SMILES string of the molecule is C=CCN(Cc1nccn1Cc1ccccc1)C(=O)c1cccc(F)c1. The Labute approximate surface area is 152 Å². The van der Waals surface area contributed by atoms with Gasteiger partial charge in [-0.25, -0.2) is 9.37 Å². The summed E-state index contributed by atoms with van der Waals surface area (Å²) in [6.07, 6.45) is 5.26. The molecule has 0 radical (unpaired) electrons. The fraction of sp³-hybridized carbons (Fsp3) is 0.143. The van der Waals surface area contributed by atoms with Crippen LogP contribution in [-0.4, -0.2) is 26.9 Å². The van der Waals surface area contributed by atoms with Gasteiger partial charge in [0.25, 0.3) is 5.91 Å². The Morgan fingerprint density at radius 2 is 2.00 bits per heavy atom. The van der Waals surface area contributed by atoms with Crippen LogP contribution < -0.4 is 0 Å². The second-order valence-corrected chi connectivity index (χ2v) is 5.94. The average Bonchev–Trinajstić information content (AvgIpc) is 3.08. The van der Waals surface area contributed by atoms with Gasteiger partial charge in [0, 0.05) is 31.0 Å². The van der Waals surface area contributed by atoms with E-state index >= 15 is 0 Å². The highest BCUT2D eigenvalue weighted by molar-refractivity contribution is 5.94. The van der Waals surface area contributed by atoms with Crippen molar-refractivity contribution < 1.29 is 9.18 Å². The first-order valence-electron chi connectivity index (χ1n) is 8.37. The molecule has 0 N–H and O–H groups in total. The standard InChI is InChI=1S/C21H20FN3O/c1-2-12-25(21(26)18-9-6-10-19(22)14-18)16-20-23-11-13-24(20)15-17-7-4-3-5-8-17/h2-11,13-14H,1,12,15-16H2. The van der Waals surface area contributed by atoms with Gasteiger partial charge in [-0.2, -0.15) is 0 Å². The normalized spacial score (nSPS) is 10.5. The Hall–Kier alpha value is -3.21. The first kappa shape index (κ1) is 17.6. The molecule has 26 heavy (non-hydrogen) atoms. The molecule has 3 rings (SSSR count). The van der Waals surface area contributed by atoms with Gasteiger partial charge in [-0.05, 0) is 23.8 Å². The molecule has 0 aliphatic carbocycles.